The molecule has 2 rings (SSSR count). The molecule has 0 aromatic heterocycles. The molecule has 0 spiro atoms. The van der Waals surface area contributed by atoms with Crippen LogP contribution in [0, 0.1) is 0 Å². The first-order chi connectivity index (χ1) is 8.46. The van der Waals surface area contributed by atoms with Crippen molar-refractivity contribution in [2.24, 2.45) is 0 Å². The molecule has 0 amide bonds. The summed E-state index contributed by atoms with van der Waals surface area (Å²) in [6.07, 6.45) is 2.50. The zero-order chi connectivity index (χ0) is 13.2. The van der Waals surface area contributed by atoms with E-state index in [1.165, 1.54) is 0 Å². The van der Waals surface area contributed by atoms with Gasteiger partial charge in [-0.3, -0.25) is 9.69 Å². The summed E-state index contributed by atoms with van der Waals surface area (Å²) in [5.41, 5.74) is 0. The van der Waals surface area contributed by atoms with E-state index < -0.39 is 15.8 Å². The van der Waals surface area contributed by atoms with Crippen molar-refractivity contribution in [1.82, 2.24) is 4.90 Å². The van der Waals surface area contributed by atoms with Crippen molar-refractivity contribution >= 4 is 15.8 Å². The zero-order valence-electron chi connectivity index (χ0n) is 10.2. The molecular weight excluding hydrogens is 258 g/mol. The van der Waals surface area contributed by atoms with Gasteiger partial charge in [-0.2, -0.15) is 0 Å². The second-order valence-electron chi connectivity index (χ2n) is 5.02. The third-order valence-corrected chi connectivity index (χ3v) is 5.28. The lowest BCUT2D eigenvalue weighted by Crippen LogP contribution is -2.44. The van der Waals surface area contributed by atoms with Gasteiger partial charge in [0.25, 0.3) is 0 Å². The Morgan fingerprint density at radius 1 is 1.39 bits per heavy atom. The Labute approximate surface area is 107 Å². The number of hydrogen-bond acceptors (Lipinski definition) is 5. The van der Waals surface area contributed by atoms with Gasteiger partial charge in [0.2, 0.25) is 0 Å². The molecule has 0 aromatic rings. The number of carboxylic acids is 1. The Balaban J connectivity index is 1.98. The highest BCUT2D eigenvalue weighted by Crippen LogP contribution is 2.21. The molecule has 2 unspecified atom stereocenters. The molecule has 2 saturated heterocycles. The number of sulfone groups is 1. The van der Waals surface area contributed by atoms with Crippen LogP contribution in [0.3, 0.4) is 0 Å². The Bertz CT molecular complexity index is 402. The number of ether oxygens (including phenoxy) is 1. The van der Waals surface area contributed by atoms with E-state index >= 15 is 0 Å². The molecule has 2 fully saturated rings. The highest BCUT2D eigenvalue weighted by molar-refractivity contribution is 7.91. The predicted octanol–water partition coefficient (Wildman–Crippen LogP) is -0.261. The van der Waals surface area contributed by atoms with Crippen LogP contribution in [0.15, 0.2) is 0 Å². The van der Waals surface area contributed by atoms with Gasteiger partial charge >= 0.3 is 5.97 Å². The van der Waals surface area contributed by atoms with Gasteiger partial charge < -0.3 is 9.84 Å². The highest BCUT2D eigenvalue weighted by Gasteiger charge is 2.34. The largest absolute Gasteiger partial charge is 0.480 e. The second kappa shape index (κ2) is 5.54. The maximum Gasteiger partial charge on any atom is 0.317 e. The van der Waals surface area contributed by atoms with Crippen molar-refractivity contribution in [3.05, 3.63) is 0 Å². The summed E-state index contributed by atoms with van der Waals surface area (Å²) >= 11 is 0. The first-order valence-electron chi connectivity index (χ1n) is 6.24. The Hall–Kier alpha value is -0.660. The molecule has 0 saturated carbocycles. The molecule has 6 nitrogen and oxygen atoms in total. The minimum atomic E-state index is -2.99. The van der Waals surface area contributed by atoms with Gasteiger partial charge in [-0.25, -0.2) is 8.42 Å². The summed E-state index contributed by atoms with van der Waals surface area (Å²) < 4.78 is 28.4. The fraction of sp³-hybridized carbons (Fsp3) is 0.909. The van der Waals surface area contributed by atoms with E-state index in [-0.39, 0.29) is 30.2 Å². The third kappa shape index (κ3) is 3.66. The number of nitrogens with zero attached hydrogens (tertiary/aromatic N) is 1. The maximum absolute atomic E-state index is 11.5. The summed E-state index contributed by atoms with van der Waals surface area (Å²) in [7, 11) is -2.99. The van der Waals surface area contributed by atoms with Gasteiger partial charge in [0.1, 0.15) is 0 Å². The lowest BCUT2D eigenvalue weighted by molar-refractivity contribution is -0.139. The van der Waals surface area contributed by atoms with Crippen molar-refractivity contribution in [1.29, 1.82) is 0 Å². The van der Waals surface area contributed by atoms with Gasteiger partial charge in [0.05, 0.1) is 24.2 Å². The first-order valence-corrected chi connectivity index (χ1v) is 8.06. The van der Waals surface area contributed by atoms with Crippen molar-refractivity contribution in [3.8, 4) is 0 Å². The molecule has 0 aromatic carbocycles. The fourth-order valence-electron chi connectivity index (χ4n) is 2.63. The third-order valence-electron chi connectivity index (χ3n) is 3.53. The number of aliphatic carboxylic acids is 1. The number of carbonyl (C=O) groups is 1. The summed E-state index contributed by atoms with van der Waals surface area (Å²) in [4.78, 5) is 12.6. The molecule has 2 aliphatic heterocycles. The monoisotopic (exact) mass is 277 g/mol. The van der Waals surface area contributed by atoms with E-state index in [4.69, 9.17) is 9.84 Å². The van der Waals surface area contributed by atoms with Crippen LogP contribution in [0.1, 0.15) is 19.3 Å². The van der Waals surface area contributed by atoms with Crippen LogP contribution >= 0.6 is 0 Å². The summed E-state index contributed by atoms with van der Waals surface area (Å²) in [5, 5.41) is 8.92. The van der Waals surface area contributed by atoms with Crippen molar-refractivity contribution in [2.45, 2.75) is 31.4 Å². The van der Waals surface area contributed by atoms with E-state index in [1.807, 2.05) is 0 Å². The molecule has 2 heterocycles. The first kappa shape index (κ1) is 13.8. The SMILES string of the molecule is O=C(O)CN(CC1CCCO1)C1CCS(=O)(=O)C1. The van der Waals surface area contributed by atoms with Crippen molar-refractivity contribution in [3.63, 3.8) is 0 Å². The molecule has 0 bridgehead atoms. The maximum atomic E-state index is 11.5. The van der Waals surface area contributed by atoms with Crippen LogP contribution in [0.2, 0.25) is 0 Å². The van der Waals surface area contributed by atoms with E-state index in [0.29, 0.717) is 19.6 Å². The Morgan fingerprint density at radius 3 is 2.67 bits per heavy atom. The minimum absolute atomic E-state index is 0.0488. The lowest BCUT2D eigenvalue weighted by Gasteiger charge is -2.28. The van der Waals surface area contributed by atoms with E-state index in [1.54, 1.807) is 4.90 Å². The average Bonchev–Trinajstić information content (AvgIpc) is 2.86. The summed E-state index contributed by atoms with van der Waals surface area (Å²) in [6, 6.07) is -0.171. The van der Waals surface area contributed by atoms with Gasteiger partial charge in [0.15, 0.2) is 9.84 Å². The van der Waals surface area contributed by atoms with Gasteiger partial charge in [-0.05, 0) is 19.3 Å². The minimum Gasteiger partial charge on any atom is -0.480 e. The smallest absolute Gasteiger partial charge is 0.317 e. The normalized spacial score (nSPS) is 30.9. The van der Waals surface area contributed by atoms with Crippen LogP contribution in [-0.2, 0) is 19.4 Å². The molecule has 0 aliphatic carbocycles. The molecule has 2 aliphatic rings. The number of hydrogen-bond donors (Lipinski definition) is 1. The standard InChI is InChI=1S/C11H19NO5S/c13-11(14)7-12(6-10-2-1-4-17-10)9-3-5-18(15,16)8-9/h9-10H,1-8H2,(H,13,14). The quantitative estimate of drug-likeness (QED) is 0.745. The van der Waals surface area contributed by atoms with E-state index in [0.717, 1.165) is 12.8 Å². The van der Waals surface area contributed by atoms with E-state index in [2.05, 4.69) is 0 Å². The summed E-state index contributed by atoms with van der Waals surface area (Å²) in [6.45, 7) is 1.13. The van der Waals surface area contributed by atoms with Crippen LogP contribution < -0.4 is 0 Å². The van der Waals surface area contributed by atoms with E-state index in [9.17, 15) is 13.2 Å². The van der Waals surface area contributed by atoms with Gasteiger partial charge in [-0.15, -0.1) is 0 Å². The molecule has 7 heteroatoms. The number of rotatable bonds is 5. The highest BCUT2D eigenvalue weighted by atomic mass is 32.2. The van der Waals surface area contributed by atoms with Crippen LogP contribution in [0.4, 0.5) is 0 Å². The fourth-order valence-corrected chi connectivity index (χ4v) is 4.39. The molecule has 0 radical (unpaired) electrons. The molecule has 104 valence electrons. The molecule has 18 heavy (non-hydrogen) atoms. The Kier molecular flexibility index (Phi) is 4.24. The average molecular weight is 277 g/mol. The van der Waals surface area contributed by atoms with Gasteiger partial charge in [-0.1, -0.05) is 0 Å². The van der Waals surface area contributed by atoms with Crippen LogP contribution in [-0.4, -0.2) is 67.7 Å². The lowest BCUT2D eigenvalue weighted by atomic mass is 10.1. The molecule has 1 N–H and O–H groups in total. The molecule has 2 atom stereocenters. The summed E-state index contributed by atoms with van der Waals surface area (Å²) in [5.74, 6) is -0.677. The van der Waals surface area contributed by atoms with Gasteiger partial charge in [0, 0.05) is 19.2 Å². The van der Waals surface area contributed by atoms with Crippen LogP contribution in [0.5, 0.6) is 0 Å². The molecular formula is C11H19NO5S. The predicted molar refractivity (Wildman–Crippen MR) is 65.2 cm³/mol. The second-order valence-corrected chi connectivity index (χ2v) is 7.24. The Morgan fingerprint density at radius 2 is 2.17 bits per heavy atom. The van der Waals surface area contributed by atoms with Crippen molar-refractivity contribution in [2.75, 3.05) is 31.2 Å². The topological polar surface area (TPSA) is 83.9 Å². The van der Waals surface area contributed by atoms with Crippen molar-refractivity contribution < 1.29 is 23.1 Å². The van der Waals surface area contributed by atoms with Crippen LogP contribution in [0.25, 0.3) is 0 Å². The zero-order valence-corrected chi connectivity index (χ0v) is 11.1. The number of carboxylic acid groups (broad SMARTS) is 1.